The Morgan fingerprint density at radius 1 is 1.35 bits per heavy atom. The fraction of sp³-hybridized carbons (Fsp3) is 0.571. The molecule has 0 radical (unpaired) electrons. The molecule has 0 bridgehead atoms. The Kier molecular flexibility index (Phi) is 4.15. The third-order valence-corrected chi connectivity index (χ3v) is 2.83. The minimum absolute atomic E-state index is 0.0262. The van der Waals surface area contributed by atoms with Crippen LogP contribution in [-0.4, -0.2) is 23.6 Å². The maximum absolute atomic E-state index is 12.9. The molecule has 0 aliphatic heterocycles. The molecule has 0 saturated carbocycles. The van der Waals surface area contributed by atoms with Gasteiger partial charge >= 0.3 is 0 Å². The Bertz CT molecular complexity index is 384. The zero-order valence-corrected chi connectivity index (χ0v) is 11.3. The first-order valence-corrected chi connectivity index (χ1v) is 5.89. The van der Waals surface area contributed by atoms with E-state index < -0.39 is 5.82 Å². The zero-order chi connectivity index (χ0) is 13.2. The van der Waals surface area contributed by atoms with Gasteiger partial charge < -0.3 is 5.11 Å². The van der Waals surface area contributed by atoms with Crippen LogP contribution in [0.3, 0.4) is 0 Å². The molecule has 0 saturated heterocycles. The lowest BCUT2D eigenvalue weighted by Gasteiger charge is -2.31. The molecule has 3 heteroatoms. The highest BCUT2D eigenvalue weighted by atomic mass is 19.1. The average molecular weight is 239 g/mol. The zero-order valence-electron chi connectivity index (χ0n) is 11.3. The first kappa shape index (κ1) is 14.0. The molecule has 0 aliphatic rings. The van der Waals surface area contributed by atoms with E-state index in [-0.39, 0.29) is 17.2 Å². The Balaban J connectivity index is 2.85. The van der Waals surface area contributed by atoms with E-state index in [2.05, 4.69) is 25.7 Å². The molecule has 2 nitrogen and oxygen atoms in total. The summed E-state index contributed by atoms with van der Waals surface area (Å²) in [6, 6.07) is 4.26. The molecule has 17 heavy (non-hydrogen) atoms. The van der Waals surface area contributed by atoms with Gasteiger partial charge in [0, 0.05) is 24.2 Å². The van der Waals surface area contributed by atoms with Crippen molar-refractivity contribution in [1.82, 2.24) is 4.90 Å². The molecule has 0 fully saturated rings. The number of benzene rings is 1. The number of aromatic hydroxyl groups is 1. The predicted molar refractivity (Wildman–Crippen MR) is 68.6 cm³/mol. The number of phenols is 1. The largest absolute Gasteiger partial charge is 0.508 e. The molecular weight excluding hydrogens is 217 g/mol. The number of rotatable bonds is 3. The van der Waals surface area contributed by atoms with Gasteiger partial charge in [0.15, 0.2) is 0 Å². The summed E-state index contributed by atoms with van der Waals surface area (Å²) in [6.45, 7) is 9.42. The van der Waals surface area contributed by atoms with Crippen LogP contribution in [-0.2, 0) is 0 Å². The third-order valence-electron chi connectivity index (χ3n) is 2.83. The average Bonchev–Trinajstić information content (AvgIpc) is 2.14. The van der Waals surface area contributed by atoms with Gasteiger partial charge in [-0.05, 0) is 25.5 Å². The lowest BCUT2D eigenvalue weighted by atomic mass is 9.94. The molecule has 0 aliphatic carbocycles. The molecule has 1 rings (SSSR count). The minimum atomic E-state index is -0.406. The van der Waals surface area contributed by atoms with Crippen molar-refractivity contribution in [3.63, 3.8) is 0 Å². The summed E-state index contributed by atoms with van der Waals surface area (Å²) >= 11 is 0. The van der Waals surface area contributed by atoms with Gasteiger partial charge in [-0.25, -0.2) is 4.39 Å². The third kappa shape index (κ3) is 4.00. The van der Waals surface area contributed by atoms with Crippen molar-refractivity contribution >= 4 is 0 Å². The molecule has 96 valence electrons. The molecule has 1 unspecified atom stereocenters. The van der Waals surface area contributed by atoms with Crippen LogP contribution in [0.5, 0.6) is 5.75 Å². The summed E-state index contributed by atoms with van der Waals surface area (Å²) in [7, 11) is 2.01. The molecule has 1 N–H and O–H groups in total. The van der Waals surface area contributed by atoms with Gasteiger partial charge in [0.1, 0.15) is 11.6 Å². The lowest BCUT2D eigenvalue weighted by molar-refractivity contribution is 0.180. The van der Waals surface area contributed by atoms with Crippen LogP contribution in [0, 0.1) is 11.2 Å². The maximum atomic E-state index is 12.9. The molecule has 0 heterocycles. The molecule has 1 atom stereocenters. The molecule has 0 amide bonds. The summed E-state index contributed by atoms with van der Waals surface area (Å²) in [5, 5.41) is 9.74. The number of phenolic OH excluding ortho intramolecular Hbond substituents is 1. The lowest BCUT2D eigenvalue weighted by Crippen LogP contribution is -2.31. The molecule has 1 aromatic carbocycles. The fourth-order valence-electron chi connectivity index (χ4n) is 1.99. The van der Waals surface area contributed by atoms with E-state index in [1.165, 1.54) is 6.07 Å². The summed E-state index contributed by atoms with van der Waals surface area (Å²) < 4.78 is 12.9. The van der Waals surface area contributed by atoms with Crippen molar-refractivity contribution in [2.75, 3.05) is 13.6 Å². The molecular formula is C14H22FNO. The number of hydrogen-bond donors (Lipinski definition) is 1. The smallest absolute Gasteiger partial charge is 0.126 e. The summed E-state index contributed by atoms with van der Waals surface area (Å²) in [5.41, 5.74) is 0.955. The maximum Gasteiger partial charge on any atom is 0.126 e. The van der Waals surface area contributed by atoms with Gasteiger partial charge in [-0.3, -0.25) is 4.90 Å². The first-order chi connectivity index (χ1) is 7.70. The van der Waals surface area contributed by atoms with E-state index in [0.29, 0.717) is 0 Å². The van der Waals surface area contributed by atoms with Crippen LogP contribution in [0.1, 0.15) is 39.3 Å². The highest BCUT2D eigenvalue weighted by Gasteiger charge is 2.20. The minimum Gasteiger partial charge on any atom is -0.508 e. The number of nitrogens with zero attached hydrogens (tertiary/aromatic N) is 1. The van der Waals surface area contributed by atoms with Crippen molar-refractivity contribution in [3.05, 3.63) is 29.6 Å². The van der Waals surface area contributed by atoms with Gasteiger partial charge in [-0.2, -0.15) is 0 Å². The van der Waals surface area contributed by atoms with Crippen molar-refractivity contribution in [1.29, 1.82) is 0 Å². The highest BCUT2D eigenvalue weighted by Crippen LogP contribution is 2.30. The quantitative estimate of drug-likeness (QED) is 0.871. The molecule has 0 spiro atoms. The number of hydrogen-bond acceptors (Lipinski definition) is 2. The van der Waals surface area contributed by atoms with E-state index in [1.807, 2.05) is 14.0 Å². The van der Waals surface area contributed by atoms with E-state index in [4.69, 9.17) is 0 Å². The Hall–Kier alpha value is -1.09. The van der Waals surface area contributed by atoms with Crippen LogP contribution >= 0.6 is 0 Å². The van der Waals surface area contributed by atoms with E-state index in [0.717, 1.165) is 18.2 Å². The van der Waals surface area contributed by atoms with Crippen molar-refractivity contribution in [2.24, 2.45) is 5.41 Å². The van der Waals surface area contributed by atoms with Crippen molar-refractivity contribution in [2.45, 2.75) is 33.7 Å². The normalized spacial score (nSPS) is 14.1. The van der Waals surface area contributed by atoms with Crippen LogP contribution in [0.2, 0.25) is 0 Å². The monoisotopic (exact) mass is 239 g/mol. The second-order valence-corrected chi connectivity index (χ2v) is 5.85. The van der Waals surface area contributed by atoms with E-state index >= 15 is 0 Å². The Labute approximate surface area is 103 Å². The fourth-order valence-corrected chi connectivity index (χ4v) is 1.99. The topological polar surface area (TPSA) is 23.5 Å². The van der Waals surface area contributed by atoms with Gasteiger partial charge in [-0.1, -0.05) is 26.8 Å². The summed E-state index contributed by atoms with van der Waals surface area (Å²) in [6.07, 6.45) is 0. The Morgan fingerprint density at radius 3 is 2.41 bits per heavy atom. The van der Waals surface area contributed by atoms with Crippen LogP contribution in [0.25, 0.3) is 0 Å². The predicted octanol–water partition coefficient (Wildman–Crippen LogP) is 3.57. The first-order valence-electron chi connectivity index (χ1n) is 5.89. The highest BCUT2D eigenvalue weighted by molar-refractivity contribution is 5.34. The molecule has 0 aromatic heterocycles. The summed E-state index contributed by atoms with van der Waals surface area (Å²) in [5.74, 6) is -0.379. The van der Waals surface area contributed by atoms with Crippen LogP contribution in [0.15, 0.2) is 18.2 Å². The second kappa shape index (κ2) is 5.05. The molecule has 1 aromatic rings. The van der Waals surface area contributed by atoms with Crippen molar-refractivity contribution < 1.29 is 9.50 Å². The van der Waals surface area contributed by atoms with E-state index in [9.17, 15) is 9.50 Å². The van der Waals surface area contributed by atoms with Gasteiger partial charge in [0.25, 0.3) is 0 Å². The van der Waals surface area contributed by atoms with E-state index in [1.54, 1.807) is 6.07 Å². The number of halogens is 1. The van der Waals surface area contributed by atoms with Gasteiger partial charge in [0.2, 0.25) is 0 Å². The standard InChI is InChI=1S/C14H22FNO/c1-10(16(5)9-14(2,3)4)12-7-6-11(15)8-13(12)17/h6-8,10,17H,9H2,1-5H3. The SMILES string of the molecule is CC(c1ccc(F)cc1O)N(C)CC(C)(C)C. The Morgan fingerprint density at radius 2 is 1.94 bits per heavy atom. The van der Waals surface area contributed by atoms with Gasteiger partial charge in [-0.15, -0.1) is 0 Å². The van der Waals surface area contributed by atoms with Gasteiger partial charge in [0.05, 0.1) is 0 Å². The van der Waals surface area contributed by atoms with Crippen molar-refractivity contribution in [3.8, 4) is 5.75 Å². The second-order valence-electron chi connectivity index (χ2n) is 5.85. The van der Waals surface area contributed by atoms with Crippen LogP contribution < -0.4 is 0 Å². The van der Waals surface area contributed by atoms with Crippen LogP contribution in [0.4, 0.5) is 4.39 Å². The summed E-state index contributed by atoms with van der Waals surface area (Å²) in [4.78, 5) is 2.16.